The molecule has 0 amide bonds. The van der Waals surface area contributed by atoms with Crippen molar-refractivity contribution < 1.29 is 14.2 Å². The number of rotatable bonds is 7. The summed E-state index contributed by atoms with van der Waals surface area (Å²) in [5.74, 6) is 1.68. The normalized spacial score (nSPS) is 18.8. The minimum absolute atomic E-state index is 0.313. The lowest BCUT2D eigenvalue weighted by atomic mass is 10.1. The zero-order valence-corrected chi connectivity index (χ0v) is 15.6. The maximum Gasteiger partial charge on any atom is 0.231 e. The van der Waals surface area contributed by atoms with Gasteiger partial charge in [-0.3, -0.25) is 9.58 Å². The quantitative estimate of drug-likeness (QED) is 0.762. The molecular formula is C20H27N3O3. The van der Waals surface area contributed by atoms with Crippen LogP contribution >= 0.6 is 0 Å². The van der Waals surface area contributed by atoms with Gasteiger partial charge >= 0.3 is 0 Å². The lowest BCUT2D eigenvalue weighted by molar-refractivity contribution is 0.0678. The van der Waals surface area contributed by atoms with E-state index in [2.05, 4.69) is 40.7 Å². The van der Waals surface area contributed by atoms with E-state index in [1.165, 1.54) is 16.8 Å². The van der Waals surface area contributed by atoms with Crippen molar-refractivity contribution in [3.63, 3.8) is 0 Å². The van der Waals surface area contributed by atoms with E-state index in [-0.39, 0.29) is 0 Å². The Bertz CT molecular complexity index is 753. The monoisotopic (exact) mass is 357 g/mol. The summed E-state index contributed by atoms with van der Waals surface area (Å²) in [6.07, 6.45) is 4.63. The first kappa shape index (κ1) is 17.4. The van der Waals surface area contributed by atoms with Crippen molar-refractivity contribution in [1.29, 1.82) is 0 Å². The van der Waals surface area contributed by atoms with Crippen LogP contribution in [0.3, 0.4) is 0 Å². The van der Waals surface area contributed by atoms with Crippen LogP contribution in [0.15, 0.2) is 24.4 Å². The van der Waals surface area contributed by atoms with Crippen LogP contribution in [-0.4, -0.2) is 40.7 Å². The number of hydrogen-bond donors (Lipinski definition) is 0. The molecule has 1 atom stereocenters. The van der Waals surface area contributed by atoms with Gasteiger partial charge in [0.1, 0.15) is 0 Å². The number of aromatic nitrogens is 2. The third-order valence-corrected chi connectivity index (χ3v) is 5.23. The Labute approximate surface area is 154 Å². The van der Waals surface area contributed by atoms with E-state index < -0.39 is 0 Å². The largest absolute Gasteiger partial charge is 0.454 e. The standard InChI is InChI=1S/C20H27N3O3/c1-3-23-15(2)17(10-21-23)12-22(13-18-5-4-8-24-18)11-16-6-7-19-20(9-16)26-14-25-19/h6-7,9-10,18H,3-5,8,11-14H2,1-2H3/t18-/m0/s1. The lowest BCUT2D eigenvalue weighted by Gasteiger charge is -2.25. The SMILES string of the molecule is CCn1ncc(CN(Cc2ccc3c(c2)OCO3)C[C@@H]2CCCO2)c1C. The van der Waals surface area contributed by atoms with E-state index in [1.54, 1.807) is 0 Å². The van der Waals surface area contributed by atoms with Crippen molar-refractivity contribution in [1.82, 2.24) is 14.7 Å². The first-order valence-electron chi connectivity index (χ1n) is 9.46. The van der Waals surface area contributed by atoms with Gasteiger partial charge < -0.3 is 14.2 Å². The van der Waals surface area contributed by atoms with Crippen LogP contribution < -0.4 is 9.47 Å². The highest BCUT2D eigenvalue weighted by atomic mass is 16.7. The minimum atomic E-state index is 0.313. The number of ether oxygens (including phenoxy) is 3. The van der Waals surface area contributed by atoms with Crippen LogP contribution in [0.2, 0.25) is 0 Å². The molecule has 1 aromatic carbocycles. The molecule has 1 aromatic heterocycles. The van der Waals surface area contributed by atoms with Gasteiger partial charge in [0.05, 0.1) is 12.3 Å². The van der Waals surface area contributed by atoms with Crippen molar-refractivity contribution in [2.45, 2.75) is 52.4 Å². The second kappa shape index (κ2) is 7.68. The van der Waals surface area contributed by atoms with Crippen LogP contribution in [0.25, 0.3) is 0 Å². The minimum Gasteiger partial charge on any atom is -0.454 e. The number of aryl methyl sites for hydroxylation is 1. The third-order valence-electron chi connectivity index (χ3n) is 5.23. The molecule has 1 fully saturated rings. The van der Waals surface area contributed by atoms with Crippen molar-refractivity contribution in [2.75, 3.05) is 19.9 Å². The third kappa shape index (κ3) is 3.71. The summed E-state index contributed by atoms with van der Waals surface area (Å²) in [5.41, 5.74) is 3.76. The Morgan fingerprint density at radius 2 is 2.12 bits per heavy atom. The van der Waals surface area contributed by atoms with Gasteiger partial charge in [-0.2, -0.15) is 5.10 Å². The molecule has 0 radical (unpaired) electrons. The predicted molar refractivity (Wildman–Crippen MR) is 98.3 cm³/mol. The molecule has 140 valence electrons. The maximum atomic E-state index is 5.88. The molecule has 0 spiro atoms. The second-order valence-corrected chi connectivity index (χ2v) is 7.06. The highest BCUT2D eigenvalue weighted by molar-refractivity contribution is 5.44. The molecule has 26 heavy (non-hydrogen) atoms. The fourth-order valence-electron chi connectivity index (χ4n) is 3.76. The molecule has 2 aliphatic heterocycles. The smallest absolute Gasteiger partial charge is 0.231 e. The van der Waals surface area contributed by atoms with Gasteiger partial charge in [0.2, 0.25) is 6.79 Å². The van der Waals surface area contributed by atoms with Crippen LogP contribution in [-0.2, 0) is 24.4 Å². The van der Waals surface area contributed by atoms with Gasteiger partial charge in [-0.1, -0.05) is 6.07 Å². The Hall–Kier alpha value is -2.05. The molecule has 0 N–H and O–H groups in total. The summed E-state index contributed by atoms with van der Waals surface area (Å²) >= 11 is 0. The molecule has 3 heterocycles. The zero-order valence-electron chi connectivity index (χ0n) is 15.6. The average molecular weight is 357 g/mol. The second-order valence-electron chi connectivity index (χ2n) is 7.06. The number of nitrogens with zero attached hydrogens (tertiary/aromatic N) is 3. The van der Waals surface area contributed by atoms with Gasteiger partial charge in [-0.25, -0.2) is 0 Å². The van der Waals surface area contributed by atoms with Crippen molar-refractivity contribution >= 4 is 0 Å². The summed E-state index contributed by atoms with van der Waals surface area (Å²) in [5, 5.41) is 4.50. The number of fused-ring (bicyclic) bond motifs is 1. The zero-order chi connectivity index (χ0) is 17.9. The molecule has 1 saturated heterocycles. The average Bonchev–Trinajstić information content (AvgIpc) is 3.37. The Morgan fingerprint density at radius 1 is 1.23 bits per heavy atom. The van der Waals surface area contributed by atoms with Crippen molar-refractivity contribution in [2.24, 2.45) is 0 Å². The van der Waals surface area contributed by atoms with Crippen molar-refractivity contribution in [3.05, 3.63) is 41.2 Å². The molecule has 4 rings (SSSR count). The molecule has 6 heteroatoms. The summed E-state index contributed by atoms with van der Waals surface area (Å²) < 4.78 is 18.9. The van der Waals surface area contributed by atoms with E-state index in [4.69, 9.17) is 14.2 Å². The lowest BCUT2D eigenvalue weighted by Crippen LogP contribution is -2.31. The van der Waals surface area contributed by atoms with Crippen LogP contribution in [0, 0.1) is 6.92 Å². The van der Waals surface area contributed by atoms with Gasteiger partial charge in [0.25, 0.3) is 0 Å². The molecule has 6 nitrogen and oxygen atoms in total. The molecule has 2 aromatic rings. The van der Waals surface area contributed by atoms with E-state index in [0.717, 1.165) is 57.1 Å². The summed E-state index contributed by atoms with van der Waals surface area (Å²) in [7, 11) is 0. The van der Waals surface area contributed by atoms with E-state index >= 15 is 0 Å². The molecule has 0 aliphatic carbocycles. The molecule has 0 unspecified atom stereocenters. The topological polar surface area (TPSA) is 48.8 Å². The van der Waals surface area contributed by atoms with E-state index in [1.807, 2.05) is 12.3 Å². The van der Waals surface area contributed by atoms with Crippen molar-refractivity contribution in [3.8, 4) is 11.5 Å². The van der Waals surface area contributed by atoms with Gasteiger partial charge in [-0.05, 0) is 44.4 Å². The summed E-state index contributed by atoms with van der Waals surface area (Å²) in [6, 6.07) is 6.22. The fourth-order valence-corrected chi connectivity index (χ4v) is 3.76. The molecular weight excluding hydrogens is 330 g/mol. The summed E-state index contributed by atoms with van der Waals surface area (Å²) in [4.78, 5) is 2.46. The van der Waals surface area contributed by atoms with E-state index in [9.17, 15) is 0 Å². The molecule has 0 saturated carbocycles. The highest BCUT2D eigenvalue weighted by Gasteiger charge is 2.22. The number of benzene rings is 1. The maximum absolute atomic E-state index is 5.88. The predicted octanol–water partition coefficient (Wildman–Crippen LogP) is 3.12. The van der Waals surface area contributed by atoms with E-state index in [0.29, 0.717) is 12.9 Å². The van der Waals surface area contributed by atoms with Gasteiger partial charge in [0.15, 0.2) is 11.5 Å². The Kier molecular flexibility index (Phi) is 5.13. The first-order valence-corrected chi connectivity index (χ1v) is 9.46. The first-order chi connectivity index (χ1) is 12.7. The van der Waals surface area contributed by atoms with Crippen LogP contribution in [0.4, 0.5) is 0 Å². The summed E-state index contributed by atoms with van der Waals surface area (Å²) in [6.45, 7) is 9.04. The molecule has 0 bridgehead atoms. The van der Waals surface area contributed by atoms with Crippen LogP contribution in [0.1, 0.15) is 36.6 Å². The molecule has 2 aliphatic rings. The Morgan fingerprint density at radius 3 is 2.88 bits per heavy atom. The van der Waals surface area contributed by atoms with Gasteiger partial charge in [-0.15, -0.1) is 0 Å². The Balaban J connectivity index is 1.50. The number of hydrogen-bond acceptors (Lipinski definition) is 5. The van der Waals surface area contributed by atoms with Gasteiger partial charge in [0, 0.05) is 44.0 Å². The van der Waals surface area contributed by atoms with Crippen LogP contribution in [0.5, 0.6) is 11.5 Å². The fraction of sp³-hybridized carbons (Fsp3) is 0.550. The highest BCUT2D eigenvalue weighted by Crippen LogP contribution is 2.33.